The highest BCUT2D eigenvalue weighted by Gasteiger charge is 2.51. The molecule has 5 rings (SSSR count). The van der Waals surface area contributed by atoms with Gasteiger partial charge in [0.25, 0.3) is 0 Å². The van der Waals surface area contributed by atoms with E-state index >= 15 is 0 Å². The van der Waals surface area contributed by atoms with E-state index in [0.717, 1.165) is 24.3 Å². The summed E-state index contributed by atoms with van der Waals surface area (Å²) >= 11 is 1.79. The fourth-order valence-electron chi connectivity index (χ4n) is 5.71. The molecular weight excluding hydrogens is 304 g/mol. The van der Waals surface area contributed by atoms with Gasteiger partial charge in [0, 0.05) is 17.0 Å². The first-order valence-electron chi connectivity index (χ1n) is 9.04. The monoisotopic (exact) mass is 332 g/mol. The van der Waals surface area contributed by atoms with E-state index in [1.165, 1.54) is 49.0 Å². The summed E-state index contributed by atoms with van der Waals surface area (Å²) in [7, 11) is 2.05. The van der Waals surface area contributed by atoms with E-state index in [2.05, 4.69) is 35.6 Å². The molecular formula is C19H28N2OS. The molecule has 1 aromatic rings. The van der Waals surface area contributed by atoms with Crippen LogP contribution in [0, 0.1) is 24.7 Å². The Labute approximate surface area is 143 Å². The Morgan fingerprint density at radius 3 is 2.39 bits per heavy atom. The maximum atomic E-state index is 12.6. The number of nitrogens with one attached hydrogen (secondary N) is 1. The van der Waals surface area contributed by atoms with Crippen molar-refractivity contribution in [1.29, 1.82) is 0 Å². The van der Waals surface area contributed by atoms with Crippen molar-refractivity contribution in [3.05, 3.63) is 21.9 Å². The molecule has 0 aromatic carbocycles. The van der Waals surface area contributed by atoms with E-state index in [4.69, 9.17) is 0 Å². The molecule has 3 nitrogen and oxygen atoms in total. The molecule has 0 aliphatic heterocycles. The van der Waals surface area contributed by atoms with Gasteiger partial charge in [-0.15, -0.1) is 11.3 Å². The second kappa shape index (κ2) is 5.89. The molecule has 4 aliphatic carbocycles. The van der Waals surface area contributed by atoms with Gasteiger partial charge in [0.2, 0.25) is 5.91 Å². The molecule has 4 bridgehead atoms. The fraction of sp³-hybridized carbons (Fsp3) is 0.737. The highest BCUT2D eigenvalue weighted by atomic mass is 32.1. The molecule has 4 heteroatoms. The number of rotatable bonds is 5. The molecule has 1 amide bonds. The molecule has 1 aromatic heterocycles. The van der Waals surface area contributed by atoms with Gasteiger partial charge in [0.15, 0.2) is 0 Å². The van der Waals surface area contributed by atoms with Crippen molar-refractivity contribution < 1.29 is 4.79 Å². The minimum atomic E-state index is 0.144. The summed E-state index contributed by atoms with van der Waals surface area (Å²) in [6.07, 6.45) is 7.97. The van der Waals surface area contributed by atoms with Crippen molar-refractivity contribution in [3.8, 4) is 0 Å². The van der Waals surface area contributed by atoms with Crippen LogP contribution >= 0.6 is 11.3 Å². The average Bonchev–Trinajstić information content (AvgIpc) is 2.81. The second-order valence-electron chi connectivity index (χ2n) is 8.45. The van der Waals surface area contributed by atoms with Crippen LogP contribution in [0.2, 0.25) is 0 Å². The van der Waals surface area contributed by atoms with Crippen molar-refractivity contribution in [2.75, 3.05) is 13.6 Å². The molecule has 0 radical (unpaired) electrons. The number of nitrogens with zero attached hydrogens (tertiary/aromatic N) is 1. The van der Waals surface area contributed by atoms with Gasteiger partial charge < -0.3 is 5.32 Å². The van der Waals surface area contributed by atoms with E-state index in [9.17, 15) is 4.79 Å². The first kappa shape index (κ1) is 15.6. The molecule has 23 heavy (non-hydrogen) atoms. The standard InChI is InChI=1S/C19H28N2OS/c1-13-3-4-23-17(13)11-21(2)12-18(22)20-19-8-14-5-15(9-19)7-16(6-14)10-19/h3-4,14-16H,5-12H2,1-2H3,(H,20,22). The van der Waals surface area contributed by atoms with Gasteiger partial charge in [-0.3, -0.25) is 9.69 Å². The molecule has 0 saturated heterocycles. The normalized spacial score (nSPS) is 35.0. The minimum Gasteiger partial charge on any atom is -0.350 e. The van der Waals surface area contributed by atoms with E-state index in [1.807, 2.05) is 0 Å². The number of carbonyl (C=O) groups excluding carboxylic acids is 1. The number of hydrogen-bond acceptors (Lipinski definition) is 3. The van der Waals surface area contributed by atoms with E-state index in [-0.39, 0.29) is 11.4 Å². The molecule has 4 fully saturated rings. The predicted molar refractivity (Wildman–Crippen MR) is 94.4 cm³/mol. The Morgan fingerprint density at radius 1 is 1.26 bits per heavy atom. The lowest BCUT2D eigenvalue weighted by molar-refractivity contribution is -0.127. The van der Waals surface area contributed by atoms with Crippen molar-refractivity contribution in [2.24, 2.45) is 17.8 Å². The Morgan fingerprint density at radius 2 is 1.87 bits per heavy atom. The van der Waals surface area contributed by atoms with E-state index in [0.29, 0.717) is 6.54 Å². The smallest absolute Gasteiger partial charge is 0.234 e. The van der Waals surface area contributed by atoms with Gasteiger partial charge in [0.1, 0.15) is 0 Å². The first-order valence-corrected chi connectivity index (χ1v) is 9.92. The summed E-state index contributed by atoms with van der Waals surface area (Å²) in [5, 5.41) is 5.61. The van der Waals surface area contributed by atoms with Crippen LogP contribution in [0.25, 0.3) is 0 Å². The van der Waals surface area contributed by atoms with E-state index < -0.39 is 0 Å². The minimum absolute atomic E-state index is 0.144. The van der Waals surface area contributed by atoms with Crippen LogP contribution in [-0.2, 0) is 11.3 Å². The van der Waals surface area contributed by atoms with Crippen LogP contribution in [0.5, 0.6) is 0 Å². The van der Waals surface area contributed by atoms with Crippen LogP contribution in [0.15, 0.2) is 11.4 Å². The first-order chi connectivity index (χ1) is 11.0. The highest BCUT2D eigenvalue weighted by molar-refractivity contribution is 7.10. The van der Waals surface area contributed by atoms with Crippen molar-refractivity contribution in [2.45, 2.75) is 57.5 Å². The topological polar surface area (TPSA) is 32.3 Å². The molecule has 0 unspecified atom stereocenters. The second-order valence-corrected chi connectivity index (χ2v) is 9.45. The Bertz CT molecular complexity index is 559. The van der Waals surface area contributed by atoms with Crippen LogP contribution in [0.3, 0.4) is 0 Å². The average molecular weight is 333 g/mol. The Hall–Kier alpha value is -0.870. The fourth-order valence-corrected chi connectivity index (χ4v) is 6.70. The summed E-state index contributed by atoms with van der Waals surface area (Å²) in [5.74, 6) is 2.87. The molecule has 4 saturated carbocycles. The SMILES string of the molecule is Cc1ccsc1CN(C)CC(=O)NC12CC3CC(CC(C3)C1)C2. The third-order valence-corrected chi connectivity index (χ3v) is 7.25. The Kier molecular flexibility index (Phi) is 4.01. The van der Waals surface area contributed by atoms with Gasteiger partial charge in [-0.05, 0) is 87.3 Å². The number of likely N-dealkylation sites (N-methyl/N-ethyl adjacent to an activating group) is 1. The number of hydrogen-bond donors (Lipinski definition) is 1. The van der Waals surface area contributed by atoms with Crippen LogP contribution in [0.1, 0.15) is 49.0 Å². The number of carbonyl (C=O) groups is 1. The van der Waals surface area contributed by atoms with Gasteiger partial charge >= 0.3 is 0 Å². The predicted octanol–water partition coefficient (Wildman–Crippen LogP) is 3.57. The van der Waals surface area contributed by atoms with Gasteiger partial charge in [-0.2, -0.15) is 0 Å². The zero-order valence-corrected chi connectivity index (χ0v) is 15.1. The quantitative estimate of drug-likeness (QED) is 0.894. The molecule has 126 valence electrons. The number of aryl methyl sites for hydroxylation is 1. The number of amides is 1. The summed E-state index contributed by atoms with van der Waals surface area (Å²) in [4.78, 5) is 16.1. The summed E-state index contributed by atoms with van der Waals surface area (Å²) < 4.78 is 0. The molecule has 1 heterocycles. The third-order valence-electron chi connectivity index (χ3n) is 6.24. The van der Waals surface area contributed by atoms with Gasteiger partial charge in [-0.1, -0.05) is 0 Å². The lowest BCUT2D eigenvalue weighted by atomic mass is 9.53. The van der Waals surface area contributed by atoms with Crippen molar-refractivity contribution >= 4 is 17.2 Å². The van der Waals surface area contributed by atoms with Crippen molar-refractivity contribution in [3.63, 3.8) is 0 Å². The van der Waals surface area contributed by atoms with Gasteiger partial charge in [-0.25, -0.2) is 0 Å². The lowest BCUT2D eigenvalue weighted by Crippen LogP contribution is -2.60. The van der Waals surface area contributed by atoms with Crippen LogP contribution in [-0.4, -0.2) is 29.9 Å². The zero-order chi connectivity index (χ0) is 16.0. The molecule has 0 spiro atoms. The molecule has 4 aliphatic rings. The van der Waals surface area contributed by atoms with Crippen molar-refractivity contribution in [1.82, 2.24) is 10.2 Å². The summed E-state index contributed by atoms with van der Waals surface area (Å²) in [6.45, 7) is 3.53. The largest absolute Gasteiger partial charge is 0.350 e. The maximum Gasteiger partial charge on any atom is 0.234 e. The Balaban J connectivity index is 1.34. The molecule has 0 atom stereocenters. The summed E-state index contributed by atoms with van der Waals surface area (Å²) in [5.41, 5.74) is 1.48. The summed E-state index contributed by atoms with van der Waals surface area (Å²) in [6, 6.07) is 2.16. The zero-order valence-electron chi connectivity index (χ0n) is 14.3. The molecule has 1 N–H and O–H groups in total. The maximum absolute atomic E-state index is 12.6. The number of thiophene rings is 1. The van der Waals surface area contributed by atoms with Gasteiger partial charge in [0.05, 0.1) is 6.54 Å². The lowest BCUT2D eigenvalue weighted by Gasteiger charge is -2.57. The highest BCUT2D eigenvalue weighted by Crippen LogP contribution is 2.55. The van der Waals surface area contributed by atoms with E-state index in [1.54, 1.807) is 11.3 Å². The van der Waals surface area contributed by atoms with Crippen LogP contribution in [0.4, 0.5) is 0 Å². The van der Waals surface area contributed by atoms with Crippen LogP contribution < -0.4 is 5.32 Å². The third kappa shape index (κ3) is 3.20.